The first-order chi connectivity index (χ1) is 13.3. The summed E-state index contributed by atoms with van der Waals surface area (Å²) in [6, 6.07) is 12.3. The summed E-state index contributed by atoms with van der Waals surface area (Å²) in [4.78, 5) is 14.4. The molecule has 1 fully saturated rings. The zero-order valence-corrected chi connectivity index (χ0v) is 17.0. The van der Waals surface area contributed by atoms with Crippen molar-refractivity contribution >= 4 is 38.9 Å². The van der Waals surface area contributed by atoms with Crippen LogP contribution in [-0.2, 0) is 19.6 Å². The van der Waals surface area contributed by atoms with Crippen LogP contribution in [0.15, 0.2) is 53.4 Å². The quantitative estimate of drug-likeness (QED) is 0.745. The van der Waals surface area contributed by atoms with Gasteiger partial charge in [0.15, 0.2) is 0 Å². The minimum atomic E-state index is -3.73. The lowest BCUT2D eigenvalue weighted by Crippen LogP contribution is -2.46. The number of morpholine rings is 1. The third kappa shape index (κ3) is 5.15. The normalized spacial score (nSPS) is 15.7. The van der Waals surface area contributed by atoms with E-state index in [9.17, 15) is 13.2 Å². The molecule has 0 unspecified atom stereocenters. The molecule has 7 nitrogen and oxygen atoms in total. The first kappa shape index (κ1) is 20.4. The number of sulfonamides is 1. The van der Waals surface area contributed by atoms with Crippen molar-refractivity contribution in [2.45, 2.75) is 17.9 Å². The predicted molar refractivity (Wildman–Crippen MR) is 109 cm³/mol. The van der Waals surface area contributed by atoms with Gasteiger partial charge in [0.05, 0.1) is 23.8 Å². The number of benzene rings is 2. The van der Waals surface area contributed by atoms with Crippen molar-refractivity contribution in [1.29, 1.82) is 0 Å². The highest BCUT2D eigenvalue weighted by Crippen LogP contribution is 2.21. The van der Waals surface area contributed by atoms with Crippen molar-refractivity contribution in [3.63, 3.8) is 0 Å². The number of hydrogen-bond acceptors (Lipinski definition) is 5. The Kier molecular flexibility index (Phi) is 6.43. The van der Waals surface area contributed by atoms with Gasteiger partial charge in [-0.1, -0.05) is 17.7 Å². The molecule has 0 radical (unpaired) electrons. The Morgan fingerprint density at radius 1 is 1.11 bits per heavy atom. The van der Waals surface area contributed by atoms with Crippen molar-refractivity contribution in [3.8, 4) is 0 Å². The number of carbonyl (C=O) groups is 1. The summed E-state index contributed by atoms with van der Waals surface area (Å²) in [5.41, 5.74) is 1.04. The number of nitrogens with zero attached hydrogens (tertiary/aromatic N) is 1. The van der Waals surface area contributed by atoms with E-state index >= 15 is 0 Å². The van der Waals surface area contributed by atoms with Gasteiger partial charge >= 0.3 is 0 Å². The molecular weight excluding hydrogens is 402 g/mol. The molecule has 0 bridgehead atoms. The zero-order valence-electron chi connectivity index (χ0n) is 15.4. The molecule has 0 spiro atoms. The van der Waals surface area contributed by atoms with Gasteiger partial charge in [0.1, 0.15) is 6.04 Å². The maximum atomic E-state index is 12.5. The highest BCUT2D eigenvalue weighted by Gasteiger charge is 2.22. The van der Waals surface area contributed by atoms with Gasteiger partial charge in [0, 0.05) is 23.8 Å². The van der Waals surface area contributed by atoms with Gasteiger partial charge in [0.25, 0.3) is 10.0 Å². The number of carbonyl (C=O) groups excluding carboxylic acids is 1. The summed E-state index contributed by atoms with van der Waals surface area (Å²) >= 11 is 5.81. The number of anilines is 2. The van der Waals surface area contributed by atoms with E-state index in [1.54, 1.807) is 36.1 Å². The van der Waals surface area contributed by atoms with Crippen molar-refractivity contribution in [3.05, 3.63) is 53.6 Å². The Labute approximate surface area is 169 Å². The van der Waals surface area contributed by atoms with E-state index in [2.05, 4.69) is 10.0 Å². The number of nitrogens with one attached hydrogen (secondary N) is 2. The molecule has 2 N–H and O–H groups in total. The van der Waals surface area contributed by atoms with E-state index in [1.807, 2.05) is 0 Å². The molecular formula is C19H22ClN3O4S. The molecule has 1 amide bonds. The van der Waals surface area contributed by atoms with E-state index in [1.165, 1.54) is 24.3 Å². The molecule has 1 atom stereocenters. The van der Waals surface area contributed by atoms with Crippen LogP contribution >= 0.6 is 11.6 Å². The second-order valence-corrected chi connectivity index (χ2v) is 8.56. The topological polar surface area (TPSA) is 87.7 Å². The standard InChI is InChI=1S/C19H22ClN3O4S/c1-14(19(24)23-9-11-27-12-10-23)21-16-3-2-4-17(13-16)22-28(25,26)18-7-5-15(20)6-8-18/h2-8,13-14,21-22H,9-12H2,1H3/t14-/m0/s1. The lowest BCUT2D eigenvalue weighted by atomic mass is 10.2. The SMILES string of the molecule is C[C@H](Nc1cccc(NS(=O)(=O)c2ccc(Cl)cc2)c1)C(=O)N1CCOCC1. The fraction of sp³-hybridized carbons (Fsp3) is 0.316. The van der Waals surface area contributed by atoms with Crippen LogP contribution in [0.4, 0.5) is 11.4 Å². The smallest absolute Gasteiger partial charge is 0.261 e. The lowest BCUT2D eigenvalue weighted by Gasteiger charge is -2.29. The Balaban J connectivity index is 1.68. The average Bonchev–Trinajstić information content (AvgIpc) is 2.68. The van der Waals surface area contributed by atoms with Gasteiger partial charge < -0.3 is 15.0 Å². The van der Waals surface area contributed by atoms with Crippen LogP contribution in [0.25, 0.3) is 0 Å². The van der Waals surface area contributed by atoms with E-state index in [4.69, 9.17) is 16.3 Å². The van der Waals surface area contributed by atoms with Gasteiger partial charge in [0.2, 0.25) is 5.91 Å². The van der Waals surface area contributed by atoms with Crippen LogP contribution in [0.3, 0.4) is 0 Å². The first-order valence-corrected chi connectivity index (χ1v) is 10.7. The second kappa shape index (κ2) is 8.81. The van der Waals surface area contributed by atoms with Crippen molar-refractivity contribution < 1.29 is 17.9 Å². The molecule has 150 valence electrons. The maximum Gasteiger partial charge on any atom is 0.261 e. The van der Waals surface area contributed by atoms with E-state index in [-0.39, 0.29) is 10.8 Å². The number of amides is 1. The van der Waals surface area contributed by atoms with Crippen LogP contribution in [0.5, 0.6) is 0 Å². The minimum Gasteiger partial charge on any atom is -0.378 e. The molecule has 0 saturated carbocycles. The van der Waals surface area contributed by atoms with Crippen LogP contribution in [-0.4, -0.2) is 51.6 Å². The summed E-state index contributed by atoms with van der Waals surface area (Å²) in [6.45, 7) is 4.01. The molecule has 9 heteroatoms. The third-order valence-corrected chi connectivity index (χ3v) is 5.96. The predicted octanol–water partition coefficient (Wildman–Crippen LogP) is 2.80. The number of halogens is 1. The van der Waals surface area contributed by atoms with Crippen molar-refractivity contribution in [1.82, 2.24) is 4.90 Å². The van der Waals surface area contributed by atoms with Gasteiger partial charge in [-0.25, -0.2) is 8.42 Å². The number of hydrogen-bond donors (Lipinski definition) is 2. The van der Waals surface area contributed by atoms with Crippen LogP contribution < -0.4 is 10.0 Å². The molecule has 1 saturated heterocycles. The van der Waals surface area contributed by atoms with Crippen molar-refractivity contribution in [2.75, 3.05) is 36.3 Å². The van der Waals surface area contributed by atoms with Gasteiger partial charge in [-0.2, -0.15) is 0 Å². The maximum absolute atomic E-state index is 12.5. The average molecular weight is 424 g/mol. The van der Waals surface area contributed by atoms with Crippen LogP contribution in [0.2, 0.25) is 5.02 Å². The fourth-order valence-electron chi connectivity index (χ4n) is 2.87. The second-order valence-electron chi connectivity index (χ2n) is 6.44. The van der Waals surface area contributed by atoms with Crippen LogP contribution in [0.1, 0.15) is 6.92 Å². The lowest BCUT2D eigenvalue weighted by molar-refractivity contribution is -0.135. The molecule has 2 aromatic carbocycles. The highest BCUT2D eigenvalue weighted by molar-refractivity contribution is 7.92. The summed E-state index contributed by atoms with van der Waals surface area (Å²) in [5, 5.41) is 3.59. The van der Waals surface area contributed by atoms with E-state index in [0.29, 0.717) is 42.7 Å². The Morgan fingerprint density at radius 3 is 2.43 bits per heavy atom. The number of rotatable bonds is 6. The van der Waals surface area contributed by atoms with Gasteiger partial charge in [-0.15, -0.1) is 0 Å². The summed E-state index contributed by atoms with van der Waals surface area (Å²) in [7, 11) is -3.73. The van der Waals surface area contributed by atoms with Gasteiger partial charge in [-0.3, -0.25) is 9.52 Å². The summed E-state index contributed by atoms with van der Waals surface area (Å²) in [6.07, 6.45) is 0. The van der Waals surface area contributed by atoms with Crippen LogP contribution in [0, 0.1) is 0 Å². The molecule has 3 rings (SSSR count). The molecule has 2 aromatic rings. The summed E-state index contributed by atoms with van der Waals surface area (Å²) in [5.74, 6) is -0.0181. The molecule has 0 aliphatic carbocycles. The monoisotopic (exact) mass is 423 g/mol. The molecule has 0 aromatic heterocycles. The largest absolute Gasteiger partial charge is 0.378 e. The molecule has 1 heterocycles. The Bertz CT molecular complexity index is 928. The van der Waals surface area contributed by atoms with E-state index in [0.717, 1.165) is 0 Å². The molecule has 1 aliphatic heterocycles. The molecule has 1 aliphatic rings. The first-order valence-electron chi connectivity index (χ1n) is 8.87. The number of ether oxygens (including phenoxy) is 1. The van der Waals surface area contributed by atoms with E-state index < -0.39 is 16.1 Å². The zero-order chi connectivity index (χ0) is 20.1. The Morgan fingerprint density at radius 2 is 1.75 bits per heavy atom. The van der Waals surface area contributed by atoms with Gasteiger partial charge in [-0.05, 0) is 49.4 Å². The molecule has 28 heavy (non-hydrogen) atoms. The fourth-order valence-corrected chi connectivity index (χ4v) is 4.05. The summed E-state index contributed by atoms with van der Waals surface area (Å²) < 4.78 is 32.8. The third-order valence-electron chi connectivity index (χ3n) is 4.32. The Hall–Kier alpha value is -2.29. The highest BCUT2D eigenvalue weighted by atomic mass is 35.5. The van der Waals surface area contributed by atoms with Crippen molar-refractivity contribution in [2.24, 2.45) is 0 Å². The minimum absolute atomic E-state index is 0.0181.